The monoisotopic (exact) mass is 375 g/mol. The van der Waals surface area contributed by atoms with Crippen LogP contribution in [-0.4, -0.2) is 30.5 Å². The van der Waals surface area contributed by atoms with Crippen molar-refractivity contribution in [2.45, 2.75) is 18.9 Å². The molecule has 2 aromatic carbocycles. The molecular weight excluding hydrogens is 358 g/mol. The smallest absolute Gasteiger partial charge is 0.165 e. The number of hydroxylamine groups is 3. The number of likely N-dealkylation sites (N-methyl/N-ethyl adjacent to an activating group) is 1. The fourth-order valence-electron chi connectivity index (χ4n) is 4.01. The molecule has 0 bridgehead atoms. The number of hydrogen-bond acceptors (Lipinski definition) is 3. The lowest BCUT2D eigenvalue weighted by atomic mass is 9.76. The lowest BCUT2D eigenvalue weighted by Crippen LogP contribution is -2.48. The fraction of sp³-hybridized carbons (Fsp3) is 0.333. The molecule has 0 saturated carbocycles. The molecule has 0 spiro atoms. The molecule has 0 fully saturated rings. The Morgan fingerprint density at radius 2 is 2.09 bits per heavy atom. The van der Waals surface area contributed by atoms with Gasteiger partial charge in [0.05, 0.1) is 20.7 Å². The first-order chi connectivity index (χ1) is 10.9. The van der Waals surface area contributed by atoms with Crippen molar-refractivity contribution in [3.63, 3.8) is 0 Å². The summed E-state index contributed by atoms with van der Waals surface area (Å²) in [4.78, 5) is 0. The number of ether oxygens (including phenoxy) is 1. The number of phenols is 1. The Bertz CT molecular complexity index is 816. The van der Waals surface area contributed by atoms with Gasteiger partial charge in [-0.2, -0.15) is 0 Å². The van der Waals surface area contributed by atoms with E-state index in [-0.39, 0.29) is 16.4 Å². The Hall–Kier alpha value is -1.56. The van der Waals surface area contributed by atoms with Crippen LogP contribution in [-0.2, 0) is 12.8 Å². The van der Waals surface area contributed by atoms with Crippen molar-refractivity contribution in [3.05, 3.63) is 50.6 Å². The third-order valence-corrected chi connectivity index (χ3v) is 5.64. The SMILES string of the molecule is COc1ccc2c(c1O)-c1cc(Br)cc3c1[C@@H](C2)[N+](C)([O-])CC3. The van der Waals surface area contributed by atoms with Gasteiger partial charge < -0.3 is 19.7 Å². The summed E-state index contributed by atoms with van der Waals surface area (Å²) in [6.07, 6.45) is 1.41. The largest absolute Gasteiger partial charge is 0.633 e. The maximum Gasteiger partial charge on any atom is 0.165 e. The van der Waals surface area contributed by atoms with Gasteiger partial charge >= 0.3 is 0 Å². The molecule has 0 amide bonds. The number of phenolic OH excluding ortho intramolecular Hbond substituents is 1. The Morgan fingerprint density at radius 1 is 1.30 bits per heavy atom. The van der Waals surface area contributed by atoms with Gasteiger partial charge in [-0.05, 0) is 34.9 Å². The first-order valence-electron chi connectivity index (χ1n) is 7.70. The molecule has 1 N–H and O–H groups in total. The molecule has 23 heavy (non-hydrogen) atoms. The molecule has 4 nitrogen and oxygen atoms in total. The van der Waals surface area contributed by atoms with Crippen molar-refractivity contribution in [2.75, 3.05) is 20.7 Å². The summed E-state index contributed by atoms with van der Waals surface area (Å²) >= 11 is 3.57. The first-order valence-corrected chi connectivity index (χ1v) is 8.49. The predicted octanol–water partition coefficient (Wildman–Crippen LogP) is 3.93. The van der Waals surface area contributed by atoms with Crippen molar-refractivity contribution >= 4 is 15.9 Å². The molecule has 2 aliphatic rings. The third kappa shape index (κ3) is 2.11. The van der Waals surface area contributed by atoms with E-state index in [9.17, 15) is 10.3 Å². The van der Waals surface area contributed by atoms with Crippen LogP contribution in [0.15, 0.2) is 28.7 Å². The molecule has 1 aliphatic carbocycles. The molecule has 4 rings (SSSR count). The molecule has 5 heteroatoms. The average molecular weight is 376 g/mol. The molecule has 2 atom stereocenters. The minimum absolute atomic E-state index is 0.109. The van der Waals surface area contributed by atoms with E-state index in [1.807, 2.05) is 12.1 Å². The van der Waals surface area contributed by atoms with Crippen LogP contribution < -0.4 is 4.74 Å². The molecule has 0 radical (unpaired) electrons. The van der Waals surface area contributed by atoms with E-state index in [2.05, 4.69) is 22.0 Å². The second kappa shape index (κ2) is 4.97. The first kappa shape index (κ1) is 15.0. The Balaban J connectivity index is 2.06. The van der Waals surface area contributed by atoms with Crippen LogP contribution in [0.1, 0.15) is 22.7 Å². The van der Waals surface area contributed by atoms with Crippen molar-refractivity contribution in [1.29, 1.82) is 0 Å². The molecular formula is C18H18BrNO3. The maximum atomic E-state index is 13.0. The van der Waals surface area contributed by atoms with Gasteiger partial charge in [0.15, 0.2) is 11.5 Å². The summed E-state index contributed by atoms with van der Waals surface area (Å²) < 4.78 is 5.99. The maximum absolute atomic E-state index is 13.0. The number of aromatic hydroxyl groups is 1. The van der Waals surface area contributed by atoms with E-state index in [0.717, 1.165) is 33.1 Å². The second-order valence-corrected chi connectivity index (χ2v) is 7.46. The number of methoxy groups -OCH3 is 1. The van der Waals surface area contributed by atoms with Crippen LogP contribution >= 0.6 is 15.9 Å². The highest BCUT2D eigenvalue weighted by atomic mass is 79.9. The summed E-state index contributed by atoms with van der Waals surface area (Å²) in [5, 5.41) is 23.6. The van der Waals surface area contributed by atoms with Gasteiger partial charge in [-0.25, -0.2) is 0 Å². The molecule has 1 unspecified atom stereocenters. The quantitative estimate of drug-likeness (QED) is 0.606. The van der Waals surface area contributed by atoms with Crippen LogP contribution in [0.5, 0.6) is 11.5 Å². The van der Waals surface area contributed by atoms with Crippen molar-refractivity contribution < 1.29 is 14.5 Å². The number of nitrogens with zero attached hydrogens (tertiary/aromatic N) is 1. The van der Waals surface area contributed by atoms with Crippen LogP contribution in [0.4, 0.5) is 0 Å². The molecule has 2 aromatic rings. The van der Waals surface area contributed by atoms with E-state index < -0.39 is 0 Å². The average Bonchev–Trinajstić information content (AvgIpc) is 2.50. The molecule has 1 heterocycles. The highest BCUT2D eigenvalue weighted by Gasteiger charge is 2.40. The van der Waals surface area contributed by atoms with Crippen molar-refractivity contribution in [2.24, 2.45) is 0 Å². The molecule has 120 valence electrons. The number of hydrogen-bond donors (Lipinski definition) is 1. The zero-order chi connectivity index (χ0) is 16.4. The normalized spacial score (nSPS) is 24.8. The predicted molar refractivity (Wildman–Crippen MR) is 92.4 cm³/mol. The Morgan fingerprint density at radius 3 is 2.83 bits per heavy atom. The molecule has 1 aliphatic heterocycles. The number of rotatable bonds is 1. The van der Waals surface area contributed by atoms with Crippen LogP contribution in [0.2, 0.25) is 0 Å². The lowest BCUT2D eigenvalue weighted by Gasteiger charge is -2.51. The van der Waals surface area contributed by atoms with Crippen LogP contribution in [0.25, 0.3) is 11.1 Å². The van der Waals surface area contributed by atoms with Gasteiger partial charge in [0.2, 0.25) is 0 Å². The highest BCUT2D eigenvalue weighted by Crippen LogP contribution is 2.52. The van der Waals surface area contributed by atoms with Gasteiger partial charge in [0.1, 0.15) is 6.04 Å². The van der Waals surface area contributed by atoms with Crippen LogP contribution in [0.3, 0.4) is 0 Å². The summed E-state index contributed by atoms with van der Waals surface area (Å²) in [5.74, 6) is 0.625. The van der Waals surface area contributed by atoms with Gasteiger partial charge in [0, 0.05) is 28.4 Å². The zero-order valence-corrected chi connectivity index (χ0v) is 14.7. The minimum Gasteiger partial charge on any atom is -0.633 e. The van der Waals surface area contributed by atoms with Gasteiger partial charge in [-0.15, -0.1) is 0 Å². The second-order valence-electron chi connectivity index (χ2n) is 6.54. The van der Waals surface area contributed by atoms with Crippen molar-refractivity contribution in [1.82, 2.24) is 0 Å². The fourth-order valence-corrected chi connectivity index (χ4v) is 4.51. The van der Waals surface area contributed by atoms with Crippen molar-refractivity contribution in [3.8, 4) is 22.6 Å². The van der Waals surface area contributed by atoms with E-state index in [4.69, 9.17) is 4.74 Å². The van der Waals surface area contributed by atoms with Gasteiger partial charge in [0.25, 0.3) is 0 Å². The number of fused-ring (bicyclic) bond motifs is 2. The van der Waals surface area contributed by atoms with Gasteiger partial charge in [-0.1, -0.05) is 22.0 Å². The lowest BCUT2D eigenvalue weighted by molar-refractivity contribution is -0.894. The summed E-state index contributed by atoms with van der Waals surface area (Å²) in [5.41, 5.74) is 5.07. The summed E-state index contributed by atoms with van der Waals surface area (Å²) in [7, 11) is 3.31. The van der Waals surface area contributed by atoms with E-state index >= 15 is 0 Å². The van der Waals surface area contributed by atoms with Gasteiger partial charge in [-0.3, -0.25) is 0 Å². The van der Waals surface area contributed by atoms with E-state index in [1.54, 1.807) is 20.2 Å². The highest BCUT2D eigenvalue weighted by molar-refractivity contribution is 9.10. The minimum atomic E-state index is -0.256. The summed E-state index contributed by atoms with van der Waals surface area (Å²) in [6.45, 7) is 0.588. The number of halogens is 1. The molecule has 0 saturated heterocycles. The molecule has 0 aromatic heterocycles. The standard InChI is InChI=1S/C18H18BrNO3/c1-20(22)6-5-11-7-12(19)9-13-16(11)14(20)8-10-3-4-15(23-2)18(21)17(10)13/h3-4,7,9,14,21H,5-6,8H2,1-2H3/t14-,20?/m1/s1. The number of quaternary nitrogens is 1. The Labute approximate surface area is 143 Å². The summed E-state index contributed by atoms with van der Waals surface area (Å²) in [6, 6.07) is 7.74. The van der Waals surface area contributed by atoms with E-state index in [1.165, 1.54) is 5.56 Å². The van der Waals surface area contributed by atoms with E-state index in [0.29, 0.717) is 18.7 Å². The third-order valence-electron chi connectivity index (χ3n) is 5.18. The topological polar surface area (TPSA) is 52.5 Å². The number of benzene rings is 2. The zero-order valence-electron chi connectivity index (χ0n) is 13.1. The Kier molecular flexibility index (Phi) is 3.24. The van der Waals surface area contributed by atoms with Crippen LogP contribution in [0, 0.1) is 5.21 Å².